The molecule has 1 heterocycles. The molecule has 1 aliphatic rings. The largest absolute Gasteiger partial charge is 0.463 e. The summed E-state index contributed by atoms with van der Waals surface area (Å²) in [5, 5.41) is 0. The van der Waals surface area contributed by atoms with Crippen LogP contribution in [-0.4, -0.2) is 66.1 Å². The highest BCUT2D eigenvalue weighted by Crippen LogP contribution is 2.34. The number of halogens is 1. The van der Waals surface area contributed by atoms with E-state index in [1.54, 1.807) is 0 Å². The number of aryl methyl sites for hydroxylation is 1. The number of hydrogen-bond donors (Lipinski definition) is 0. The number of carbonyl (C=O) groups excluding carboxylic acids is 4. The molecule has 5 atom stereocenters. The molecule has 0 aliphatic carbocycles. The molecule has 0 radical (unpaired) electrons. The lowest BCUT2D eigenvalue weighted by molar-refractivity contribution is -0.237. The van der Waals surface area contributed by atoms with Crippen LogP contribution in [0.2, 0.25) is 0 Å². The van der Waals surface area contributed by atoms with Gasteiger partial charge in [0.25, 0.3) is 0 Å². The van der Waals surface area contributed by atoms with Crippen molar-refractivity contribution in [1.82, 2.24) is 0 Å². The summed E-state index contributed by atoms with van der Waals surface area (Å²) in [6.07, 6.45) is -3.52. The van der Waals surface area contributed by atoms with Crippen molar-refractivity contribution in [2.75, 3.05) is 12.4 Å². The molecule has 9 nitrogen and oxygen atoms in total. The van der Waals surface area contributed by atoms with Crippen LogP contribution >= 0.6 is 34.4 Å². The topological polar surface area (TPSA) is 114 Å². The van der Waals surface area contributed by atoms with E-state index in [0.717, 1.165) is 15.6 Å². The van der Waals surface area contributed by atoms with Gasteiger partial charge in [0.15, 0.2) is 18.3 Å². The molecule has 1 aromatic carbocycles. The summed E-state index contributed by atoms with van der Waals surface area (Å²) in [6.45, 7) is 4.63. The van der Waals surface area contributed by atoms with Crippen LogP contribution in [0.25, 0.3) is 0 Å². The molecule has 0 bridgehead atoms. The Balaban J connectivity index is 2.29. The van der Waals surface area contributed by atoms with Crippen molar-refractivity contribution in [2.45, 2.75) is 64.0 Å². The van der Waals surface area contributed by atoms with Gasteiger partial charge in [-0.2, -0.15) is 0 Å². The van der Waals surface area contributed by atoms with Crippen LogP contribution in [-0.2, 0) is 49.3 Å². The molecule has 0 N–H and O–H groups in total. The Labute approximate surface area is 210 Å². The molecule has 1 aliphatic heterocycles. The summed E-state index contributed by atoms with van der Waals surface area (Å²) in [6, 6.07) is 7.94. The third-order valence-electron chi connectivity index (χ3n) is 4.56. The zero-order chi connectivity index (χ0) is 24.5. The molecule has 0 aromatic heterocycles. The van der Waals surface area contributed by atoms with Gasteiger partial charge in [0.2, 0.25) is 0 Å². The predicted molar refractivity (Wildman–Crippen MR) is 127 cm³/mol. The first-order valence-corrected chi connectivity index (χ1v) is 12.4. The summed E-state index contributed by atoms with van der Waals surface area (Å²) < 4.78 is 28.6. The molecular formula is C22H27IO9S. The Morgan fingerprint density at radius 2 is 1.45 bits per heavy atom. The lowest BCUT2D eigenvalue weighted by Gasteiger charge is -2.44. The van der Waals surface area contributed by atoms with Crippen LogP contribution in [0.5, 0.6) is 0 Å². The fourth-order valence-corrected chi connectivity index (χ4v) is 5.16. The van der Waals surface area contributed by atoms with Gasteiger partial charge < -0.3 is 23.7 Å². The quantitative estimate of drug-likeness (QED) is 0.240. The molecule has 182 valence electrons. The zero-order valence-corrected chi connectivity index (χ0v) is 21.8. The van der Waals surface area contributed by atoms with E-state index in [1.165, 1.54) is 39.5 Å². The Morgan fingerprint density at radius 1 is 0.879 bits per heavy atom. The van der Waals surface area contributed by atoms with Crippen LogP contribution in [0, 0.1) is 3.57 Å². The van der Waals surface area contributed by atoms with Crippen molar-refractivity contribution in [3.63, 3.8) is 0 Å². The van der Waals surface area contributed by atoms with Gasteiger partial charge in [-0.25, -0.2) is 0 Å². The molecular weight excluding hydrogens is 567 g/mol. The third kappa shape index (κ3) is 8.78. The van der Waals surface area contributed by atoms with Crippen molar-refractivity contribution < 1.29 is 42.9 Å². The van der Waals surface area contributed by atoms with Crippen LogP contribution in [0.4, 0.5) is 0 Å². The second-order valence-electron chi connectivity index (χ2n) is 7.28. The highest BCUT2D eigenvalue weighted by molar-refractivity contribution is 14.1. The average molecular weight is 594 g/mol. The van der Waals surface area contributed by atoms with E-state index in [0.29, 0.717) is 5.75 Å². The van der Waals surface area contributed by atoms with Crippen LogP contribution < -0.4 is 0 Å². The van der Waals surface area contributed by atoms with Gasteiger partial charge in [-0.1, -0.05) is 18.2 Å². The maximum Gasteiger partial charge on any atom is 0.303 e. The van der Waals surface area contributed by atoms with Crippen molar-refractivity contribution in [3.05, 3.63) is 33.4 Å². The first kappa shape index (κ1) is 27.4. The maximum atomic E-state index is 11.9. The molecule has 0 amide bonds. The Hall–Kier alpha value is -1.86. The molecule has 1 saturated heterocycles. The van der Waals surface area contributed by atoms with Crippen LogP contribution in [0.3, 0.4) is 0 Å². The van der Waals surface area contributed by atoms with Gasteiger partial charge in [0.05, 0.1) is 0 Å². The summed E-state index contributed by atoms with van der Waals surface area (Å²) in [4.78, 5) is 46.8. The minimum atomic E-state index is -1.14. The summed E-state index contributed by atoms with van der Waals surface area (Å²) in [5.74, 6) is -1.85. The second kappa shape index (κ2) is 13.1. The van der Waals surface area contributed by atoms with E-state index >= 15 is 0 Å². The second-order valence-corrected chi connectivity index (χ2v) is 9.65. The van der Waals surface area contributed by atoms with Gasteiger partial charge in [-0.3, -0.25) is 19.2 Å². The number of benzene rings is 1. The van der Waals surface area contributed by atoms with Crippen LogP contribution in [0.1, 0.15) is 33.3 Å². The number of carbonyl (C=O) groups is 4. The van der Waals surface area contributed by atoms with E-state index in [4.69, 9.17) is 23.7 Å². The molecule has 2 rings (SSSR count). The van der Waals surface area contributed by atoms with Crippen molar-refractivity contribution in [3.8, 4) is 0 Å². The zero-order valence-electron chi connectivity index (χ0n) is 18.8. The first-order valence-electron chi connectivity index (χ1n) is 10.2. The number of hydrogen-bond acceptors (Lipinski definition) is 10. The Kier molecular flexibility index (Phi) is 10.9. The average Bonchev–Trinajstić information content (AvgIpc) is 2.71. The van der Waals surface area contributed by atoms with Gasteiger partial charge in [0, 0.05) is 37.0 Å². The SMILES string of the molecule is CC(=O)OC[C@H]1O[C@@H](SCCc2ccccc2I)[C@H](OC(C)=O)[C@@H](OC(C)=O)[C@@H]1OC(C)=O. The molecule has 1 fully saturated rings. The third-order valence-corrected chi connectivity index (χ3v) is 6.76. The van der Waals surface area contributed by atoms with Crippen molar-refractivity contribution in [2.24, 2.45) is 0 Å². The number of rotatable bonds is 9. The first-order chi connectivity index (χ1) is 15.6. The van der Waals surface area contributed by atoms with Gasteiger partial charge in [0.1, 0.15) is 18.1 Å². The van der Waals surface area contributed by atoms with E-state index in [2.05, 4.69) is 22.6 Å². The molecule has 1 aromatic rings. The number of thioether (sulfide) groups is 1. The fraction of sp³-hybridized carbons (Fsp3) is 0.545. The van der Waals surface area contributed by atoms with E-state index in [1.807, 2.05) is 24.3 Å². The fourth-order valence-electron chi connectivity index (χ4n) is 3.31. The highest BCUT2D eigenvalue weighted by atomic mass is 127. The minimum Gasteiger partial charge on any atom is -0.463 e. The number of ether oxygens (including phenoxy) is 5. The predicted octanol–water partition coefficient (Wildman–Crippen LogP) is 2.65. The summed E-state index contributed by atoms with van der Waals surface area (Å²) >= 11 is 3.63. The monoisotopic (exact) mass is 594 g/mol. The normalized spacial score (nSPS) is 24.5. The molecule has 0 unspecified atom stereocenters. The molecule has 0 spiro atoms. The summed E-state index contributed by atoms with van der Waals surface area (Å²) in [5.41, 5.74) is 0.392. The summed E-state index contributed by atoms with van der Waals surface area (Å²) in [7, 11) is 0. The van der Waals surface area contributed by atoms with Crippen molar-refractivity contribution >= 4 is 58.2 Å². The number of esters is 4. The Morgan fingerprint density at radius 3 is 2.03 bits per heavy atom. The smallest absolute Gasteiger partial charge is 0.303 e. The lowest BCUT2D eigenvalue weighted by Crippen LogP contribution is -2.61. The lowest BCUT2D eigenvalue weighted by atomic mass is 9.99. The molecule has 0 saturated carbocycles. The van der Waals surface area contributed by atoms with E-state index in [-0.39, 0.29) is 6.61 Å². The maximum absolute atomic E-state index is 11.9. The van der Waals surface area contributed by atoms with Crippen molar-refractivity contribution in [1.29, 1.82) is 0 Å². The standard InChI is InChI=1S/C22H27IO9S/c1-12(24)28-11-18-19(29-13(2)25)20(30-14(3)26)21(31-15(4)27)22(32-18)33-10-9-16-7-5-6-8-17(16)23/h5-8,18-22H,9-11H2,1-4H3/t18-,19-,20+,21-,22+/m1/s1. The van der Waals surface area contributed by atoms with E-state index in [9.17, 15) is 19.2 Å². The van der Waals surface area contributed by atoms with Gasteiger partial charge in [-0.05, 0) is 40.6 Å². The minimum absolute atomic E-state index is 0.231. The highest BCUT2D eigenvalue weighted by Gasteiger charge is 2.52. The Bertz CT molecular complexity index is 862. The van der Waals surface area contributed by atoms with E-state index < -0.39 is 53.7 Å². The molecule has 11 heteroatoms. The van der Waals surface area contributed by atoms with Gasteiger partial charge >= 0.3 is 23.9 Å². The van der Waals surface area contributed by atoms with Crippen LogP contribution in [0.15, 0.2) is 24.3 Å². The van der Waals surface area contributed by atoms with Gasteiger partial charge in [-0.15, -0.1) is 11.8 Å². The molecule has 33 heavy (non-hydrogen) atoms.